The molecule has 0 amide bonds. The molecule has 0 aliphatic heterocycles. The van der Waals surface area contributed by atoms with E-state index in [1.165, 1.54) is 0 Å². The largest absolute Gasteiger partial charge is 0.534 e. The lowest BCUT2D eigenvalue weighted by molar-refractivity contribution is -0.882. The van der Waals surface area contributed by atoms with Gasteiger partial charge < -0.3 is 39.1 Å². The second-order valence-corrected chi connectivity index (χ2v) is 17.8. The van der Waals surface area contributed by atoms with Gasteiger partial charge in [-0.15, -0.1) is 0 Å². The molecule has 1 fully saturated rings. The van der Waals surface area contributed by atoms with E-state index in [-0.39, 0.29) is 0 Å². The quantitative estimate of drug-likeness (QED) is 0.0118. The lowest BCUT2D eigenvalue weighted by Gasteiger charge is -2.48. The van der Waals surface area contributed by atoms with E-state index < -0.39 is 83.6 Å². The molecule has 1 aliphatic rings. The van der Waals surface area contributed by atoms with E-state index in [9.17, 15) is 66.5 Å². The molecule has 0 saturated heterocycles. The first kappa shape index (κ1) is 90.4. The lowest BCUT2D eigenvalue weighted by atomic mass is 9.85. The summed E-state index contributed by atoms with van der Waals surface area (Å²) in [4.78, 5) is 79.1. The Hall–Kier alpha value is -1.66. The van der Waals surface area contributed by atoms with Crippen LogP contribution >= 0.6 is 46.9 Å². The molecule has 0 aromatic carbocycles. The van der Waals surface area contributed by atoms with Gasteiger partial charge in [-0.05, 0) is 272 Å². The van der Waals surface area contributed by atoms with Gasteiger partial charge in [0, 0.05) is 0 Å². The van der Waals surface area contributed by atoms with Crippen molar-refractivity contribution in [3.8, 4) is 0 Å². The van der Waals surface area contributed by atoms with Crippen molar-refractivity contribution in [2.24, 2.45) is 0 Å². The molecule has 0 spiro atoms. The molecule has 8 unspecified atom stereocenters. The number of phosphoric ester groups is 4. The highest BCUT2D eigenvalue weighted by atomic mass is 31.2. The van der Waals surface area contributed by atoms with E-state index in [0.29, 0.717) is 0 Å². The summed E-state index contributed by atoms with van der Waals surface area (Å²) in [6.45, 7) is 0. The molecule has 0 bridgehead atoms. The van der Waals surface area contributed by atoms with E-state index in [2.05, 4.69) is 309 Å². The Kier molecular flexibility index (Phi) is 52.9. The van der Waals surface area contributed by atoms with Gasteiger partial charge >= 0.3 is 46.9 Å². The van der Waals surface area contributed by atoms with Crippen LogP contribution in [0.25, 0.3) is 0 Å². The van der Waals surface area contributed by atoms with E-state index in [1.807, 2.05) is 0 Å². The maximum Gasteiger partial charge on any atom is 0.534 e. The van der Waals surface area contributed by atoms with Gasteiger partial charge in [-0.2, -0.15) is 0 Å². The van der Waals surface area contributed by atoms with Crippen molar-refractivity contribution in [2.45, 2.75) is 36.6 Å². The molecule has 0 radical (unpaired) electrons. The van der Waals surface area contributed by atoms with Crippen LogP contribution in [-0.4, -0.2) is 96.8 Å². The van der Waals surface area contributed by atoms with Crippen molar-refractivity contribution in [3.05, 3.63) is 0 Å². The molecular weight excluding hydrogens is 1570 g/mol. The van der Waals surface area contributed by atoms with E-state index in [1.54, 1.807) is 0 Å². The van der Waals surface area contributed by atoms with Gasteiger partial charge in [-0.25, -0.2) is 48.4 Å². The van der Waals surface area contributed by atoms with E-state index in [4.69, 9.17) is 30.1 Å². The standard InChI is InChI=1S/C6H18O82P6/c7-31-35-39-43-47-51-55-59-63-67-71-75-79-83-87-93(23,85-81-77-73-69-65-61-57-53-49-45-41-37-33-9)29-5-3(27-91(17,18)19)1(25-89(11,12)13)2(26-90(14,15)16)4(28-92(20,21)22)6(5)30-94(24,86-82-78-74-70-66-62-58-54-50-46-42-38-34-10)88-84-80-76-72-68-64-60-56-52-48-44-40-36-32-8/h1-10H,(H2,11,12,13)(H2,14,15,16)(H2,17,18,19)(H2,20,21,22). The number of hydrogen-bond donors (Lipinski definition) is 12. The minimum atomic E-state index is -6.98. The number of rotatable bonds is 70. The first-order chi connectivity index (χ1) is 44.8. The highest BCUT2D eigenvalue weighted by Gasteiger charge is 2.64. The predicted octanol–water partition coefficient (Wildman–Crippen LogP) is -4.84. The highest BCUT2D eigenvalue weighted by molar-refractivity contribution is 7.49. The molecule has 0 aromatic heterocycles. The summed E-state index contributed by atoms with van der Waals surface area (Å²) in [5, 5.41) is 215. The first-order valence-corrected chi connectivity index (χ1v) is 26.7. The molecule has 1 rings (SSSR count). The fourth-order valence-electron chi connectivity index (χ4n) is 3.59. The topological polar surface area (TPSA) is 936 Å². The summed E-state index contributed by atoms with van der Waals surface area (Å²) in [6, 6.07) is 0. The monoisotopic (exact) mass is 1590 g/mol. The summed E-state index contributed by atoms with van der Waals surface area (Å²) >= 11 is 0. The van der Waals surface area contributed by atoms with Gasteiger partial charge in [-0.3, -0.25) is 27.1 Å². The van der Waals surface area contributed by atoms with Crippen molar-refractivity contribution >= 4 is 46.9 Å². The molecular formula is C6H18O82P6. The molecule has 8 atom stereocenters. The van der Waals surface area contributed by atoms with Gasteiger partial charge in [0.2, 0.25) is 0 Å². The average molecular weight is 1590 g/mol. The molecule has 82 nitrogen and oxygen atoms in total. The summed E-state index contributed by atoms with van der Waals surface area (Å²) in [5.74, 6) is 0. The van der Waals surface area contributed by atoms with Crippen LogP contribution in [0.2, 0.25) is 0 Å². The fourth-order valence-corrected chi connectivity index (χ4v) is 7.49. The average Bonchev–Trinajstić information content (AvgIpc) is 0.743. The van der Waals surface area contributed by atoms with Crippen molar-refractivity contribution in [3.63, 3.8) is 0 Å². The molecule has 0 heterocycles. The molecule has 0 aromatic rings. The van der Waals surface area contributed by atoms with Crippen LogP contribution in [0, 0.1) is 0 Å². The zero-order chi connectivity index (χ0) is 69.7. The summed E-state index contributed by atoms with van der Waals surface area (Å²) in [6.07, 6.45) is -23.2. The van der Waals surface area contributed by atoms with Crippen LogP contribution < -0.4 is 0 Å². The van der Waals surface area contributed by atoms with Gasteiger partial charge in [0.15, 0.2) is 0 Å². The third kappa shape index (κ3) is 51.5. The predicted molar refractivity (Wildman–Crippen MR) is 166 cm³/mol. The van der Waals surface area contributed by atoms with Gasteiger partial charge in [-0.1, -0.05) is 18.7 Å². The maximum absolute atomic E-state index is 14.2. The smallest absolute Gasteiger partial charge is 0.303 e. The van der Waals surface area contributed by atoms with Crippen molar-refractivity contribution in [1.82, 2.24) is 0 Å². The zero-order valence-electron chi connectivity index (χ0n) is 40.1. The van der Waals surface area contributed by atoms with Crippen LogP contribution in [0.1, 0.15) is 0 Å². The normalized spacial score (nSPS) is 19.7. The molecule has 1 saturated carbocycles. The van der Waals surface area contributed by atoms with Crippen LogP contribution in [0.4, 0.5) is 0 Å². The minimum absolute atomic E-state index is 2.86. The third-order valence-corrected chi connectivity index (χ3v) is 9.42. The van der Waals surface area contributed by atoms with Crippen molar-refractivity contribution in [1.29, 1.82) is 0 Å². The molecule has 88 heteroatoms. The summed E-state index contributed by atoms with van der Waals surface area (Å²) in [5.41, 5.74) is 0. The van der Waals surface area contributed by atoms with Crippen LogP contribution in [-0.2, 0) is 345 Å². The first-order valence-electron chi connectivity index (χ1n) is 17.7. The highest BCUT2D eigenvalue weighted by Crippen LogP contribution is 2.61. The van der Waals surface area contributed by atoms with Crippen molar-refractivity contribution < 1.29 is 405 Å². The van der Waals surface area contributed by atoms with Gasteiger partial charge in [0.25, 0.3) is 0 Å². The second-order valence-electron chi connectivity index (χ2n) is 10.3. The Labute approximate surface area is 490 Å². The number of hydrogen-bond acceptors (Lipinski definition) is 74. The molecule has 94 heavy (non-hydrogen) atoms. The Morgan fingerprint density at radius 2 is 0.266 bits per heavy atom. The van der Waals surface area contributed by atoms with E-state index in [0.717, 1.165) is 0 Å². The third-order valence-electron chi connectivity index (χ3n) is 5.37. The zero-order valence-corrected chi connectivity index (χ0v) is 45.5. The molecule has 1 aliphatic carbocycles. The van der Waals surface area contributed by atoms with Gasteiger partial charge in [0.1, 0.15) is 36.6 Å². The summed E-state index contributed by atoms with van der Waals surface area (Å²) < 4.78 is 121. The van der Waals surface area contributed by atoms with Crippen LogP contribution in [0.15, 0.2) is 0 Å². The second kappa shape index (κ2) is 55.1. The Bertz CT molecular complexity index is 1890. The van der Waals surface area contributed by atoms with E-state index >= 15 is 0 Å². The fraction of sp³-hybridized carbons (Fsp3) is 1.00. The van der Waals surface area contributed by atoms with Crippen LogP contribution in [0.3, 0.4) is 0 Å². The Balaban J connectivity index is 3.85. The lowest BCUT2D eigenvalue weighted by Crippen LogP contribution is -2.66. The van der Waals surface area contributed by atoms with Crippen LogP contribution in [0.5, 0.6) is 0 Å². The Morgan fingerprint density at radius 1 is 0.160 bits per heavy atom. The number of phosphoric acid groups is 6. The molecule has 564 valence electrons. The van der Waals surface area contributed by atoms with Crippen molar-refractivity contribution in [2.75, 3.05) is 0 Å². The molecule has 12 N–H and O–H groups in total. The SMILES string of the molecule is O=P(O)(O)OC1C(OP(=O)(O)O)C(OP(=O)(O)O)C(OP(=O)(OOOOOOOOOOOOOOO)OOOOOOOOOOOOOOOO)C(OP(=O)(OOOOOOOOOOOOOOO)OOOOOOOOOOOOOOOO)C1OP(=O)(O)O. The summed E-state index contributed by atoms with van der Waals surface area (Å²) in [7, 11) is -40.7. The maximum atomic E-state index is 14.2. The Morgan fingerprint density at radius 3 is 0.383 bits per heavy atom. The minimum Gasteiger partial charge on any atom is -0.303 e. The van der Waals surface area contributed by atoms with Gasteiger partial charge in [0.05, 0.1) is 0 Å².